The van der Waals surface area contributed by atoms with Gasteiger partial charge in [-0.2, -0.15) is 0 Å². The molecule has 0 fully saturated rings. The Bertz CT molecular complexity index is 151. The van der Waals surface area contributed by atoms with Crippen LogP contribution in [0.4, 0.5) is 0 Å². The van der Waals surface area contributed by atoms with E-state index in [0.29, 0.717) is 13.0 Å². The number of aliphatic hydroxyl groups excluding tert-OH is 1. The molecule has 0 radical (unpaired) electrons. The fourth-order valence-corrected chi connectivity index (χ4v) is 0.606. The van der Waals surface area contributed by atoms with Gasteiger partial charge >= 0.3 is 5.97 Å². The molecule has 0 spiro atoms. The summed E-state index contributed by atoms with van der Waals surface area (Å²) >= 11 is 0. The summed E-state index contributed by atoms with van der Waals surface area (Å²) in [5, 5.41) is 9.12. The second kappa shape index (κ2) is 4.91. The van der Waals surface area contributed by atoms with Gasteiger partial charge in [0.05, 0.1) is 18.3 Å². The standard InChI is InChI=1S/C8H14O3/c1-4-7(9)6(3)8(10)11-5-2/h7,9H,3-5H2,1-2H3. The van der Waals surface area contributed by atoms with Crippen LogP contribution in [0, 0.1) is 0 Å². The minimum atomic E-state index is -0.769. The number of hydrogen-bond donors (Lipinski definition) is 1. The number of hydrogen-bond acceptors (Lipinski definition) is 3. The summed E-state index contributed by atoms with van der Waals surface area (Å²) in [6.07, 6.45) is -0.286. The molecule has 1 atom stereocenters. The van der Waals surface area contributed by atoms with Crippen LogP contribution in [-0.2, 0) is 9.53 Å². The number of esters is 1. The summed E-state index contributed by atoms with van der Waals surface area (Å²) in [4.78, 5) is 10.9. The largest absolute Gasteiger partial charge is 0.463 e. The van der Waals surface area contributed by atoms with Crippen LogP contribution >= 0.6 is 0 Å². The van der Waals surface area contributed by atoms with Crippen molar-refractivity contribution in [3.05, 3.63) is 12.2 Å². The first-order valence-corrected chi connectivity index (χ1v) is 3.67. The molecule has 1 N–H and O–H groups in total. The van der Waals surface area contributed by atoms with Gasteiger partial charge in [0, 0.05) is 0 Å². The number of carbonyl (C=O) groups is 1. The predicted octanol–water partition coefficient (Wildman–Crippen LogP) is 0.877. The lowest BCUT2D eigenvalue weighted by Gasteiger charge is -2.09. The molecule has 0 aromatic heterocycles. The Kier molecular flexibility index (Phi) is 4.54. The van der Waals surface area contributed by atoms with Crippen molar-refractivity contribution in [3.8, 4) is 0 Å². The summed E-state index contributed by atoms with van der Waals surface area (Å²) in [5.74, 6) is -0.512. The lowest BCUT2D eigenvalue weighted by atomic mass is 10.1. The molecule has 0 saturated heterocycles. The highest BCUT2D eigenvalue weighted by atomic mass is 16.5. The molecule has 0 amide bonds. The topological polar surface area (TPSA) is 46.5 Å². The van der Waals surface area contributed by atoms with Crippen molar-refractivity contribution in [1.29, 1.82) is 0 Å². The van der Waals surface area contributed by atoms with Crippen molar-refractivity contribution in [1.82, 2.24) is 0 Å². The number of rotatable bonds is 4. The molecule has 0 aromatic rings. The maximum atomic E-state index is 10.9. The highest BCUT2D eigenvalue weighted by Crippen LogP contribution is 2.05. The van der Waals surface area contributed by atoms with Crippen molar-refractivity contribution >= 4 is 5.97 Å². The molecule has 11 heavy (non-hydrogen) atoms. The number of carbonyl (C=O) groups excluding carboxylic acids is 1. The van der Waals surface area contributed by atoms with E-state index in [1.54, 1.807) is 13.8 Å². The first-order chi connectivity index (χ1) is 5.13. The maximum absolute atomic E-state index is 10.9. The van der Waals surface area contributed by atoms with Crippen molar-refractivity contribution < 1.29 is 14.6 Å². The normalized spacial score (nSPS) is 12.3. The van der Waals surface area contributed by atoms with E-state index in [2.05, 4.69) is 11.3 Å². The number of ether oxygens (including phenoxy) is 1. The highest BCUT2D eigenvalue weighted by molar-refractivity contribution is 5.88. The van der Waals surface area contributed by atoms with Crippen LogP contribution in [-0.4, -0.2) is 23.8 Å². The Morgan fingerprint density at radius 1 is 1.64 bits per heavy atom. The Hall–Kier alpha value is -0.830. The molecule has 3 heteroatoms. The lowest BCUT2D eigenvalue weighted by Crippen LogP contribution is -2.18. The van der Waals surface area contributed by atoms with Gasteiger partial charge in [-0.15, -0.1) is 0 Å². The molecule has 0 aliphatic heterocycles. The molecule has 0 rings (SSSR count). The molecule has 0 aromatic carbocycles. The minimum Gasteiger partial charge on any atom is -0.463 e. The average molecular weight is 158 g/mol. The van der Waals surface area contributed by atoms with E-state index in [-0.39, 0.29) is 5.57 Å². The van der Waals surface area contributed by atoms with Gasteiger partial charge in [0.15, 0.2) is 0 Å². The van der Waals surface area contributed by atoms with Crippen LogP contribution < -0.4 is 0 Å². The monoisotopic (exact) mass is 158 g/mol. The first-order valence-electron chi connectivity index (χ1n) is 3.67. The van der Waals surface area contributed by atoms with Crippen molar-refractivity contribution in [2.24, 2.45) is 0 Å². The lowest BCUT2D eigenvalue weighted by molar-refractivity contribution is -0.139. The molecular formula is C8H14O3. The predicted molar refractivity (Wildman–Crippen MR) is 42.1 cm³/mol. The fraction of sp³-hybridized carbons (Fsp3) is 0.625. The van der Waals surface area contributed by atoms with E-state index in [1.165, 1.54) is 0 Å². The molecule has 3 nitrogen and oxygen atoms in total. The van der Waals surface area contributed by atoms with E-state index >= 15 is 0 Å². The van der Waals surface area contributed by atoms with Gasteiger partial charge in [-0.1, -0.05) is 13.5 Å². The summed E-state index contributed by atoms with van der Waals surface area (Å²) in [6.45, 7) is 7.22. The van der Waals surface area contributed by atoms with Crippen LogP contribution in [0.5, 0.6) is 0 Å². The summed E-state index contributed by atoms with van der Waals surface area (Å²) < 4.78 is 4.63. The second-order valence-electron chi connectivity index (χ2n) is 2.17. The molecule has 64 valence electrons. The van der Waals surface area contributed by atoms with Gasteiger partial charge in [-0.25, -0.2) is 4.79 Å². The van der Waals surface area contributed by atoms with Gasteiger partial charge in [0.25, 0.3) is 0 Å². The summed E-state index contributed by atoms with van der Waals surface area (Å²) in [7, 11) is 0. The van der Waals surface area contributed by atoms with Crippen molar-refractivity contribution in [2.75, 3.05) is 6.61 Å². The third kappa shape index (κ3) is 3.18. The SMILES string of the molecule is C=C(C(=O)OCC)C(O)CC. The third-order valence-electron chi connectivity index (χ3n) is 1.33. The van der Waals surface area contributed by atoms with Crippen molar-refractivity contribution in [2.45, 2.75) is 26.4 Å². The second-order valence-corrected chi connectivity index (χ2v) is 2.17. The molecule has 0 aliphatic carbocycles. The van der Waals surface area contributed by atoms with E-state index in [1.807, 2.05) is 0 Å². The van der Waals surface area contributed by atoms with Gasteiger partial charge < -0.3 is 9.84 Å². The molecule has 0 saturated carbocycles. The van der Waals surface area contributed by atoms with E-state index in [9.17, 15) is 4.79 Å². The van der Waals surface area contributed by atoms with Crippen LogP contribution in [0.2, 0.25) is 0 Å². The quantitative estimate of drug-likeness (QED) is 0.488. The Labute approximate surface area is 66.7 Å². The Morgan fingerprint density at radius 2 is 2.18 bits per heavy atom. The van der Waals surface area contributed by atoms with Crippen LogP contribution in [0.1, 0.15) is 20.3 Å². The zero-order chi connectivity index (χ0) is 8.85. The Balaban J connectivity index is 3.92. The van der Waals surface area contributed by atoms with Crippen LogP contribution in [0.3, 0.4) is 0 Å². The molecule has 0 heterocycles. The molecule has 0 aliphatic rings. The number of aliphatic hydroxyl groups is 1. The smallest absolute Gasteiger partial charge is 0.336 e. The maximum Gasteiger partial charge on any atom is 0.336 e. The van der Waals surface area contributed by atoms with Crippen LogP contribution in [0.15, 0.2) is 12.2 Å². The third-order valence-corrected chi connectivity index (χ3v) is 1.33. The fourth-order valence-electron chi connectivity index (χ4n) is 0.606. The molecular weight excluding hydrogens is 144 g/mol. The van der Waals surface area contributed by atoms with E-state index in [0.717, 1.165) is 0 Å². The highest BCUT2D eigenvalue weighted by Gasteiger charge is 2.14. The zero-order valence-electron chi connectivity index (χ0n) is 6.96. The van der Waals surface area contributed by atoms with Gasteiger partial charge in [0.1, 0.15) is 0 Å². The average Bonchev–Trinajstić information content (AvgIpc) is 2.02. The Morgan fingerprint density at radius 3 is 2.55 bits per heavy atom. The van der Waals surface area contributed by atoms with E-state index < -0.39 is 12.1 Å². The van der Waals surface area contributed by atoms with Crippen LogP contribution in [0.25, 0.3) is 0 Å². The van der Waals surface area contributed by atoms with Gasteiger partial charge in [-0.05, 0) is 13.3 Å². The van der Waals surface area contributed by atoms with E-state index in [4.69, 9.17) is 5.11 Å². The minimum absolute atomic E-state index is 0.134. The van der Waals surface area contributed by atoms with Gasteiger partial charge in [-0.3, -0.25) is 0 Å². The summed E-state index contributed by atoms with van der Waals surface area (Å²) in [5.41, 5.74) is 0.134. The molecule has 1 unspecified atom stereocenters. The summed E-state index contributed by atoms with van der Waals surface area (Å²) in [6, 6.07) is 0. The van der Waals surface area contributed by atoms with Gasteiger partial charge in [0.2, 0.25) is 0 Å². The molecule has 0 bridgehead atoms. The van der Waals surface area contributed by atoms with Crippen molar-refractivity contribution in [3.63, 3.8) is 0 Å². The zero-order valence-corrected chi connectivity index (χ0v) is 6.96. The first kappa shape index (κ1) is 10.2.